The van der Waals surface area contributed by atoms with Gasteiger partial charge in [-0.15, -0.1) is 0 Å². The lowest BCUT2D eigenvalue weighted by atomic mass is 9.66. The van der Waals surface area contributed by atoms with Crippen molar-refractivity contribution in [3.8, 4) is 0 Å². The summed E-state index contributed by atoms with van der Waals surface area (Å²) >= 11 is 0. The summed E-state index contributed by atoms with van der Waals surface area (Å²) in [5, 5.41) is 9.39. The second-order valence-corrected chi connectivity index (χ2v) is 5.55. The first-order valence-electron chi connectivity index (χ1n) is 5.34. The molecule has 1 atom stereocenters. The van der Waals surface area contributed by atoms with Gasteiger partial charge in [0.05, 0.1) is 12.0 Å². The molecule has 15 heavy (non-hydrogen) atoms. The lowest BCUT2D eigenvalue weighted by Crippen LogP contribution is -2.61. The van der Waals surface area contributed by atoms with Gasteiger partial charge in [-0.2, -0.15) is 0 Å². The van der Waals surface area contributed by atoms with Crippen molar-refractivity contribution in [1.29, 1.82) is 0 Å². The molecule has 1 fully saturated rings. The molecule has 0 saturated heterocycles. The quantitative estimate of drug-likeness (QED) is 0.669. The molecule has 0 aromatic carbocycles. The highest BCUT2D eigenvalue weighted by molar-refractivity contribution is 5.74. The van der Waals surface area contributed by atoms with Gasteiger partial charge in [-0.25, -0.2) is 0 Å². The molecule has 0 amide bonds. The number of hydrogen-bond donors (Lipinski definition) is 2. The van der Waals surface area contributed by atoms with E-state index in [9.17, 15) is 9.90 Å². The molecule has 1 saturated carbocycles. The van der Waals surface area contributed by atoms with Crippen molar-refractivity contribution in [2.75, 3.05) is 0 Å². The van der Waals surface area contributed by atoms with Gasteiger partial charge >= 0.3 is 5.97 Å². The van der Waals surface area contributed by atoms with Crippen LogP contribution in [0.2, 0.25) is 0 Å². The van der Waals surface area contributed by atoms with Crippen LogP contribution in [0.1, 0.15) is 40.5 Å². The summed E-state index contributed by atoms with van der Waals surface area (Å²) in [5.41, 5.74) is 4.83. The van der Waals surface area contributed by atoms with E-state index in [0.717, 1.165) is 0 Å². The Balaban J connectivity index is 2.42. The summed E-state index contributed by atoms with van der Waals surface area (Å²) in [6.07, 6.45) is 0.454. The third-order valence-electron chi connectivity index (χ3n) is 2.83. The van der Waals surface area contributed by atoms with E-state index in [4.69, 9.17) is 10.5 Å². The first-order valence-corrected chi connectivity index (χ1v) is 5.34. The molecule has 1 aliphatic carbocycles. The molecule has 4 heteroatoms. The van der Waals surface area contributed by atoms with Crippen LogP contribution in [0.5, 0.6) is 0 Å². The van der Waals surface area contributed by atoms with Gasteiger partial charge < -0.3 is 15.6 Å². The summed E-state index contributed by atoms with van der Waals surface area (Å²) < 4.78 is 5.24. The normalized spacial score (nSPS) is 33.1. The number of rotatable bonds is 2. The Morgan fingerprint density at radius 2 is 2.00 bits per heavy atom. The molecule has 0 aromatic heterocycles. The maximum Gasteiger partial charge on any atom is 0.309 e. The first-order chi connectivity index (χ1) is 6.64. The van der Waals surface area contributed by atoms with Crippen LogP contribution in [0, 0.1) is 5.92 Å². The van der Waals surface area contributed by atoms with E-state index in [1.807, 2.05) is 20.8 Å². The average molecular weight is 215 g/mol. The van der Waals surface area contributed by atoms with E-state index in [1.54, 1.807) is 6.92 Å². The summed E-state index contributed by atoms with van der Waals surface area (Å²) in [6.45, 7) is 7.18. The van der Waals surface area contributed by atoms with Crippen LogP contribution in [0.25, 0.3) is 0 Å². The largest absolute Gasteiger partial charge is 0.460 e. The summed E-state index contributed by atoms with van der Waals surface area (Å²) in [7, 11) is 0. The van der Waals surface area contributed by atoms with Gasteiger partial charge in [0, 0.05) is 5.54 Å². The fourth-order valence-corrected chi connectivity index (χ4v) is 1.75. The van der Waals surface area contributed by atoms with Crippen molar-refractivity contribution < 1.29 is 14.6 Å². The minimum absolute atomic E-state index is 0.149. The number of esters is 1. The highest BCUT2D eigenvalue weighted by atomic mass is 16.6. The zero-order chi connectivity index (χ0) is 11.9. The van der Waals surface area contributed by atoms with E-state index in [1.165, 1.54) is 0 Å². The van der Waals surface area contributed by atoms with Gasteiger partial charge in [0.15, 0.2) is 0 Å². The third kappa shape index (κ3) is 2.92. The maximum atomic E-state index is 11.6. The lowest BCUT2D eigenvalue weighted by Gasteiger charge is -2.46. The van der Waals surface area contributed by atoms with E-state index in [-0.39, 0.29) is 11.9 Å². The van der Waals surface area contributed by atoms with E-state index >= 15 is 0 Å². The van der Waals surface area contributed by atoms with Gasteiger partial charge in [0.25, 0.3) is 0 Å². The van der Waals surface area contributed by atoms with Gasteiger partial charge in [-0.3, -0.25) is 4.79 Å². The van der Waals surface area contributed by atoms with Gasteiger partial charge in [0.1, 0.15) is 5.60 Å². The SMILES string of the molecule is CC(O)C1(N)CC(C(=O)OC(C)(C)C)C1. The maximum absolute atomic E-state index is 11.6. The Labute approximate surface area is 90.8 Å². The van der Waals surface area contributed by atoms with Crippen LogP contribution >= 0.6 is 0 Å². The van der Waals surface area contributed by atoms with Crippen LogP contribution in [-0.4, -0.2) is 28.3 Å². The van der Waals surface area contributed by atoms with Crippen molar-refractivity contribution in [3.63, 3.8) is 0 Å². The Morgan fingerprint density at radius 3 is 2.33 bits per heavy atom. The fraction of sp³-hybridized carbons (Fsp3) is 0.909. The van der Waals surface area contributed by atoms with Crippen molar-refractivity contribution in [2.45, 2.75) is 57.8 Å². The molecule has 0 heterocycles. The monoisotopic (exact) mass is 215 g/mol. The van der Waals surface area contributed by atoms with Crippen molar-refractivity contribution >= 4 is 5.97 Å². The number of aliphatic hydroxyl groups excluding tert-OH is 1. The summed E-state index contributed by atoms with van der Waals surface area (Å²) in [6, 6.07) is 0. The Bertz CT molecular complexity index is 249. The molecule has 0 spiro atoms. The molecule has 0 aromatic rings. The van der Waals surface area contributed by atoms with Crippen LogP contribution in [0.3, 0.4) is 0 Å². The van der Waals surface area contributed by atoms with Gasteiger partial charge in [-0.05, 0) is 40.5 Å². The van der Waals surface area contributed by atoms with E-state index in [2.05, 4.69) is 0 Å². The molecule has 4 nitrogen and oxygen atoms in total. The van der Waals surface area contributed by atoms with E-state index in [0.29, 0.717) is 12.8 Å². The molecular weight excluding hydrogens is 194 g/mol. The smallest absolute Gasteiger partial charge is 0.309 e. The number of aliphatic hydroxyl groups is 1. The van der Waals surface area contributed by atoms with Crippen molar-refractivity contribution in [3.05, 3.63) is 0 Å². The molecular formula is C11H21NO3. The predicted octanol–water partition coefficient (Wildman–Crippen LogP) is 0.816. The summed E-state index contributed by atoms with van der Waals surface area (Å²) in [5.74, 6) is -0.354. The molecule has 1 rings (SSSR count). The van der Waals surface area contributed by atoms with Gasteiger partial charge in [0.2, 0.25) is 0 Å². The molecule has 0 radical (unpaired) electrons. The van der Waals surface area contributed by atoms with Crippen LogP contribution in [-0.2, 0) is 9.53 Å². The Kier molecular flexibility index (Phi) is 3.12. The fourth-order valence-electron chi connectivity index (χ4n) is 1.75. The number of ether oxygens (including phenoxy) is 1. The van der Waals surface area contributed by atoms with Crippen LogP contribution in [0.15, 0.2) is 0 Å². The van der Waals surface area contributed by atoms with Gasteiger partial charge in [-0.1, -0.05) is 0 Å². The minimum Gasteiger partial charge on any atom is -0.460 e. The van der Waals surface area contributed by atoms with Crippen LogP contribution in [0.4, 0.5) is 0 Å². The lowest BCUT2D eigenvalue weighted by molar-refractivity contribution is -0.167. The topological polar surface area (TPSA) is 72.5 Å². The molecule has 1 unspecified atom stereocenters. The molecule has 3 N–H and O–H groups in total. The zero-order valence-electron chi connectivity index (χ0n) is 9.91. The zero-order valence-corrected chi connectivity index (χ0v) is 9.91. The molecule has 0 aliphatic heterocycles. The van der Waals surface area contributed by atoms with Crippen molar-refractivity contribution in [2.24, 2.45) is 11.7 Å². The van der Waals surface area contributed by atoms with Crippen molar-refractivity contribution in [1.82, 2.24) is 0 Å². The first kappa shape index (κ1) is 12.5. The molecule has 0 bridgehead atoms. The highest BCUT2D eigenvalue weighted by Gasteiger charge is 2.48. The molecule has 88 valence electrons. The minimum atomic E-state index is -0.596. The predicted molar refractivity (Wildman–Crippen MR) is 57.2 cm³/mol. The highest BCUT2D eigenvalue weighted by Crippen LogP contribution is 2.39. The average Bonchev–Trinajstić information content (AvgIpc) is 1.94. The number of nitrogens with two attached hydrogens (primary N) is 1. The van der Waals surface area contributed by atoms with E-state index < -0.39 is 17.2 Å². The second-order valence-electron chi connectivity index (χ2n) is 5.55. The molecule has 1 aliphatic rings. The number of hydrogen-bond acceptors (Lipinski definition) is 4. The Hall–Kier alpha value is -0.610. The van der Waals surface area contributed by atoms with Crippen LogP contribution < -0.4 is 5.73 Å². The third-order valence-corrected chi connectivity index (χ3v) is 2.83. The number of carbonyl (C=O) groups excluding carboxylic acids is 1. The summed E-state index contributed by atoms with van der Waals surface area (Å²) in [4.78, 5) is 11.6. The number of carbonyl (C=O) groups is 1. The Morgan fingerprint density at radius 1 is 1.53 bits per heavy atom. The standard InChI is InChI=1S/C11H21NO3/c1-7(13)11(12)5-8(6-11)9(14)15-10(2,3)4/h7-8,13H,5-6,12H2,1-4H3. The second kappa shape index (κ2) is 3.76.